The summed E-state index contributed by atoms with van der Waals surface area (Å²) in [6, 6.07) is 0. The van der Waals surface area contributed by atoms with Crippen molar-refractivity contribution in [2.24, 2.45) is 0 Å². The highest BCUT2D eigenvalue weighted by molar-refractivity contribution is 5.68. The van der Waals surface area contributed by atoms with E-state index in [1.54, 1.807) is 0 Å². The van der Waals surface area contributed by atoms with Gasteiger partial charge >= 0.3 is 5.97 Å². The highest BCUT2D eigenvalue weighted by Crippen LogP contribution is 2.23. The number of likely N-dealkylation sites (tertiary alicyclic amines) is 1. The van der Waals surface area contributed by atoms with Gasteiger partial charge in [0, 0.05) is 5.54 Å². The lowest BCUT2D eigenvalue weighted by Gasteiger charge is -2.40. The molecular formula is C10H19NO2. The molecule has 0 spiro atoms. The monoisotopic (exact) mass is 185 g/mol. The predicted octanol–water partition coefficient (Wildman–Crippen LogP) is 1.73. The minimum absolute atomic E-state index is 0.174. The maximum Gasteiger partial charge on any atom is 0.305 e. The van der Waals surface area contributed by atoms with Crippen LogP contribution < -0.4 is 0 Å². The van der Waals surface area contributed by atoms with Gasteiger partial charge in [-0.2, -0.15) is 0 Å². The highest BCUT2D eigenvalue weighted by Gasteiger charge is 2.29. The molecule has 0 unspecified atom stereocenters. The Bertz CT molecular complexity index is 183. The molecule has 3 heteroatoms. The molecule has 0 aromatic carbocycles. The molecule has 0 bridgehead atoms. The number of aliphatic carboxylic acids is 1. The van der Waals surface area contributed by atoms with Crippen LogP contribution >= 0.6 is 0 Å². The summed E-state index contributed by atoms with van der Waals surface area (Å²) in [5.41, 5.74) is -0.174. The fourth-order valence-corrected chi connectivity index (χ4v) is 1.98. The first-order valence-corrected chi connectivity index (χ1v) is 4.99. The van der Waals surface area contributed by atoms with Gasteiger partial charge in [-0.05, 0) is 39.8 Å². The number of rotatable bonds is 3. The van der Waals surface area contributed by atoms with Gasteiger partial charge in [0.05, 0.1) is 6.42 Å². The molecule has 1 rings (SSSR count). The third-order valence-electron chi connectivity index (χ3n) is 2.80. The third kappa shape index (κ3) is 2.99. The van der Waals surface area contributed by atoms with E-state index in [1.807, 2.05) is 13.8 Å². The van der Waals surface area contributed by atoms with E-state index in [0.717, 1.165) is 13.1 Å². The molecule has 0 aliphatic carbocycles. The second-order valence-corrected chi connectivity index (χ2v) is 4.43. The standard InChI is InChI=1S/C10H19NO2/c1-10(2,8-9(12)13)11-6-4-3-5-7-11/h3-8H2,1-2H3,(H,12,13). The zero-order valence-electron chi connectivity index (χ0n) is 8.55. The van der Waals surface area contributed by atoms with Crippen LogP contribution in [0.25, 0.3) is 0 Å². The van der Waals surface area contributed by atoms with E-state index in [9.17, 15) is 4.79 Å². The smallest absolute Gasteiger partial charge is 0.305 e. The van der Waals surface area contributed by atoms with Crippen molar-refractivity contribution in [2.45, 2.75) is 45.1 Å². The number of hydrogen-bond donors (Lipinski definition) is 1. The van der Waals surface area contributed by atoms with Crippen molar-refractivity contribution in [3.63, 3.8) is 0 Å². The summed E-state index contributed by atoms with van der Waals surface area (Å²) < 4.78 is 0. The summed E-state index contributed by atoms with van der Waals surface area (Å²) in [5.74, 6) is -0.699. The summed E-state index contributed by atoms with van der Waals surface area (Å²) in [6.45, 7) is 6.15. The van der Waals surface area contributed by atoms with E-state index < -0.39 is 5.97 Å². The fraction of sp³-hybridized carbons (Fsp3) is 0.900. The van der Waals surface area contributed by atoms with Crippen LogP contribution in [0, 0.1) is 0 Å². The summed E-state index contributed by atoms with van der Waals surface area (Å²) >= 11 is 0. The maximum absolute atomic E-state index is 10.6. The van der Waals surface area contributed by atoms with Crippen LogP contribution in [0.1, 0.15) is 39.5 Å². The fourth-order valence-electron chi connectivity index (χ4n) is 1.98. The van der Waals surface area contributed by atoms with Gasteiger partial charge in [-0.15, -0.1) is 0 Å². The average molecular weight is 185 g/mol. The van der Waals surface area contributed by atoms with Crippen molar-refractivity contribution in [3.8, 4) is 0 Å². The first kappa shape index (κ1) is 10.5. The van der Waals surface area contributed by atoms with E-state index in [1.165, 1.54) is 19.3 Å². The van der Waals surface area contributed by atoms with Gasteiger partial charge in [-0.25, -0.2) is 0 Å². The molecule has 1 saturated heterocycles. The lowest BCUT2D eigenvalue weighted by molar-refractivity contribution is -0.140. The maximum atomic E-state index is 10.6. The number of piperidine rings is 1. The van der Waals surface area contributed by atoms with Crippen LogP contribution in [0.4, 0.5) is 0 Å². The number of carboxylic acid groups (broad SMARTS) is 1. The van der Waals surface area contributed by atoms with E-state index in [-0.39, 0.29) is 12.0 Å². The Balaban J connectivity index is 2.50. The van der Waals surface area contributed by atoms with Crippen molar-refractivity contribution in [2.75, 3.05) is 13.1 Å². The third-order valence-corrected chi connectivity index (χ3v) is 2.80. The lowest BCUT2D eigenvalue weighted by Crippen LogP contribution is -2.47. The zero-order valence-corrected chi connectivity index (χ0v) is 8.55. The Morgan fingerprint density at radius 1 is 1.31 bits per heavy atom. The minimum atomic E-state index is -0.699. The van der Waals surface area contributed by atoms with Crippen LogP contribution in [0.5, 0.6) is 0 Å². The van der Waals surface area contributed by atoms with E-state index in [0.29, 0.717) is 0 Å². The van der Waals surface area contributed by atoms with Crippen molar-refractivity contribution < 1.29 is 9.90 Å². The molecule has 0 atom stereocenters. The molecule has 1 heterocycles. The van der Waals surface area contributed by atoms with Gasteiger partial charge in [-0.3, -0.25) is 9.69 Å². The summed E-state index contributed by atoms with van der Waals surface area (Å²) in [4.78, 5) is 12.9. The van der Waals surface area contributed by atoms with Gasteiger partial charge in [0.25, 0.3) is 0 Å². The molecule has 0 saturated carbocycles. The first-order valence-electron chi connectivity index (χ1n) is 4.99. The second kappa shape index (κ2) is 4.09. The zero-order chi connectivity index (χ0) is 9.90. The molecule has 0 aromatic rings. The Kier molecular flexibility index (Phi) is 3.31. The van der Waals surface area contributed by atoms with Crippen molar-refractivity contribution in [1.82, 2.24) is 4.90 Å². The molecular weight excluding hydrogens is 166 g/mol. The van der Waals surface area contributed by atoms with E-state index >= 15 is 0 Å². The molecule has 1 fully saturated rings. The molecule has 3 nitrogen and oxygen atoms in total. The van der Waals surface area contributed by atoms with Crippen LogP contribution in [-0.2, 0) is 4.79 Å². The van der Waals surface area contributed by atoms with Crippen LogP contribution in [0.15, 0.2) is 0 Å². The SMILES string of the molecule is CC(C)(CC(=O)O)N1CCCCC1. The Labute approximate surface area is 79.7 Å². The van der Waals surface area contributed by atoms with Gasteiger partial charge in [-0.1, -0.05) is 6.42 Å². The van der Waals surface area contributed by atoms with Crippen molar-refractivity contribution in [3.05, 3.63) is 0 Å². The summed E-state index contributed by atoms with van der Waals surface area (Å²) in [7, 11) is 0. The number of hydrogen-bond acceptors (Lipinski definition) is 2. The van der Waals surface area contributed by atoms with Crippen molar-refractivity contribution in [1.29, 1.82) is 0 Å². The lowest BCUT2D eigenvalue weighted by atomic mass is 9.95. The molecule has 1 N–H and O–H groups in total. The van der Waals surface area contributed by atoms with E-state index in [2.05, 4.69) is 4.90 Å². The Hall–Kier alpha value is -0.570. The highest BCUT2D eigenvalue weighted by atomic mass is 16.4. The van der Waals surface area contributed by atoms with Crippen LogP contribution in [-0.4, -0.2) is 34.6 Å². The van der Waals surface area contributed by atoms with Gasteiger partial charge in [0.15, 0.2) is 0 Å². The van der Waals surface area contributed by atoms with Crippen molar-refractivity contribution >= 4 is 5.97 Å². The molecule has 76 valence electrons. The van der Waals surface area contributed by atoms with Crippen LogP contribution in [0.3, 0.4) is 0 Å². The minimum Gasteiger partial charge on any atom is -0.481 e. The molecule has 0 radical (unpaired) electrons. The summed E-state index contributed by atoms with van der Waals surface area (Å²) in [6.07, 6.45) is 3.96. The predicted molar refractivity (Wildman–Crippen MR) is 51.8 cm³/mol. The first-order chi connectivity index (χ1) is 6.02. The average Bonchev–Trinajstić information content (AvgIpc) is 2.04. The van der Waals surface area contributed by atoms with Gasteiger partial charge in [0.2, 0.25) is 0 Å². The molecule has 0 amide bonds. The topological polar surface area (TPSA) is 40.5 Å². The van der Waals surface area contributed by atoms with Gasteiger partial charge in [0.1, 0.15) is 0 Å². The number of nitrogens with zero attached hydrogens (tertiary/aromatic N) is 1. The van der Waals surface area contributed by atoms with Crippen LogP contribution in [0.2, 0.25) is 0 Å². The quantitative estimate of drug-likeness (QED) is 0.728. The number of carboxylic acids is 1. The second-order valence-electron chi connectivity index (χ2n) is 4.43. The molecule has 13 heavy (non-hydrogen) atoms. The number of carbonyl (C=O) groups is 1. The molecule has 1 aliphatic rings. The van der Waals surface area contributed by atoms with Gasteiger partial charge < -0.3 is 5.11 Å². The molecule has 1 aliphatic heterocycles. The molecule has 0 aromatic heterocycles. The largest absolute Gasteiger partial charge is 0.481 e. The normalized spacial score (nSPS) is 20.2. The Morgan fingerprint density at radius 3 is 2.31 bits per heavy atom. The van der Waals surface area contributed by atoms with E-state index in [4.69, 9.17) is 5.11 Å². The Morgan fingerprint density at radius 2 is 1.85 bits per heavy atom. The summed E-state index contributed by atoms with van der Waals surface area (Å²) in [5, 5.41) is 8.75.